The normalized spacial score (nSPS) is 17.0. The van der Waals surface area contributed by atoms with E-state index in [1.54, 1.807) is 0 Å². The molecular weight excluding hydrogens is 909 g/mol. The topological polar surface area (TPSA) is 332 Å². The predicted octanol–water partition coefficient (Wildman–Crippen LogP) is -1.14. The average molecular weight is 985 g/mol. The van der Waals surface area contributed by atoms with Crippen molar-refractivity contribution in [1.82, 2.24) is 42.5 Å². The van der Waals surface area contributed by atoms with E-state index in [-0.39, 0.29) is 49.3 Å². The van der Waals surface area contributed by atoms with Crippen molar-refractivity contribution in [2.75, 3.05) is 106 Å². The molecule has 2 saturated heterocycles. The van der Waals surface area contributed by atoms with E-state index in [1.807, 2.05) is 32.9 Å². The standard InChI is InChI=1S/C43H76N12O12S/c1-55(2,3)20-10-8-13-31(50-38(59)29-49-54-44)41(62)48-28-37(58)51-32(27-39(60)61)42(63)47-17-9-4-5-15-35(56)45-18-11-21-65-23-25-67-26-24-66-22-12-19-46-36(57)16-7-6-14-34-40-33(30-68-34)52-43(64)53-40/h31-34,40H,4-30H2,1-3H3,(H8-,45,46,47,48,50,51,52,53,56,57,58,59,60,61,62,63,64)/t31-,32-,33-,34-,40-/m0/s1. The molecule has 0 spiro atoms. The smallest absolute Gasteiger partial charge is 0.315 e. The minimum absolute atomic E-state index is 0.0419. The number of hydrogen-bond acceptors (Lipinski definition) is 14. The molecule has 0 saturated carbocycles. The van der Waals surface area contributed by atoms with Gasteiger partial charge in [0.2, 0.25) is 35.4 Å². The average Bonchev–Trinajstić information content (AvgIpc) is 3.84. The molecule has 0 unspecified atom stereocenters. The Kier molecular flexibility index (Phi) is 30.6. The van der Waals surface area contributed by atoms with Gasteiger partial charge in [0, 0.05) is 74.0 Å². The van der Waals surface area contributed by atoms with E-state index >= 15 is 0 Å². The molecule has 2 aliphatic rings. The number of amides is 8. The van der Waals surface area contributed by atoms with Gasteiger partial charge >= 0.3 is 6.03 Å². The molecule has 8 N–H and O–H groups in total. The van der Waals surface area contributed by atoms with Crippen molar-refractivity contribution in [3.63, 3.8) is 0 Å². The van der Waals surface area contributed by atoms with Crippen molar-refractivity contribution in [2.24, 2.45) is 5.11 Å². The molecule has 0 radical (unpaired) electrons. The van der Waals surface area contributed by atoms with E-state index in [4.69, 9.17) is 19.7 Å². The van der Waals surface area contributed by atoms with E-state index in [9.17, 15) is 43.5 Å². The zero-order chi connectivity index (χ0) is 50.0. The molecule has 2 heterocycles. The number of nitrogens with one attached hydrogen (secondary N) is 8. The van der Waals surface area contributed by atoms with E-state index < -0.39 is 61.2 Å². The van der Waals surface area contributed by atoms with Crippen molar-refractivity contribution < 1.29 is 62.2 Å². The third kappa shape index (κ3) is 29.1. The Balaban J connectivity index is 1.43. The number of urea groups is 1. The summed E-state index contributed by atoms with van der Waals surface area (Å²) in [5.74, 6) is -3.64. The molecule has 8 amide bonds. The van der Waals surface area contributed by atoms with E-state index in [1.165, 1.54) is 0 Å². The summed E-state index contributed by atoms with van der Waals surface area (Å²) in [6.07, 6.45) is 7.32. The molecule has 0 aromatic carbocycles. The number of hydrogen-bond donors (Lipinski definition) is 8. The van der Waals surface area contributed by atoms with Crippen molar-refractivity contribution >= 4 is 59.2 Å². The summed E-state index contributed by atoms with van der Waals surface area (Å²) in [4.78, 5) is 100. The first-order valence-electron chi connectivity index (χ1n) is 23.7. The van der Waals surface area contributed by atoms with Crippen LogP contribution in [0.2, 0.25) is 0 Å². The number of unbranched alkanes of at least 4 members (excludes halogenated alkanes) is 4. The second-order valence-corrected chi connectivity index (χ2v) is 18.9. The Morgan fingerprint density at radius 2 is 1.31 bits per heavy atom. The second-order valence-electron chi connectivity index (χ2n) is 17.6. The number of carboxylic acid groups (broad SMARTS) is 1. The van der Waals surface area contributed by atoms with Gasteiger partial charge in [0.25, 0.3) is 0 Å². The van der Waals surface area contributed by atoms with Gasteiger partial charge in [0.05, 0.1) is 72.7 Å². The lowest BCUT2D eigenvalue weighted by Gasteiger charge is -2.24. The summed E-state index contributed by atoms with van der Waals surface area (Å²) in [5.41, 5.74) is 8.49. The number of carbonyl (C=O) groups excluding carboxylic acids is 8. The van der Waals surface area contributed by atoms with Crippen LogP contribution in [0.5, 0.6) is 0 Å². The first-order valence-corrected chi connectivity index (χ1v) is 24.7. The molecule has 386 valence electrons. The fraction of sp³-hybridized carbons (Fsp3) is 0.814. The van der Waals surface area contributed by atoms with Crippen molar-refractivity contribution in [1.29, 1.82) is 0 Å². The number of fused-ring (bicyclic) bond motifs is 1. The lowest BCUT2D eigenvalue weighted by atomic mass is 10.0. The highest BCUT2D eigenvalue weighted by atomic mass is 32.2. The van der Waals surface area contributed by atoms with Crippen LogP contribution in [0, 0.1) is 0 Å². The molecule has 0 aromatic rings. The fourth-order valence-electron chi connectivity index (χ4n) is 7.17. The molecular formula is C43H76N12O12S. The Morgan fingerprint density at radius 3 is 1.93 bits per heavy atom. The van der Waals surface area contributed by atoms with Gasteiger partial charge in [-0.05, 0) is 63.3 Å². The monoisotopic (exact) mass is 985 g/mol. The zero-order valence-corrected chi connectivity index (χ0v) is 40.9. The summed E-state index contributed by atoms with van der Waals surface area (Å²) in [6, 6.07) is -2.15. The van der Waals surface area contributed by atoms with Crippen molar-refractivity contribution in [3.8, 4) is 0 Å². The van der Waals surface area contributed by atoms with Crippen LogP contribution >= 0.6 is 11.8 Å². The van der Waals surface area contributed by atoms with Gasteiger partial charge < -0.3 is 71.1 Å². The second kappa shape index (κ2) is 35.2. The predicted molar refractivity (Wildman–Crippen MR) is 250 cm³/mol. The quantitative estimate of drug-likeness (QED) is 0.00901. The Labute approximate surface area is 403 Å². The number of quaternary nitrogens is 1. The molecule has 25 heteroatoms. The van der Waals surface area contributed by atoms with Crippen LogP contribution in [-0.2, 0) is 47.8 Å². The maximum absolute atomic E-state index is 12.9. The molecule has 2 rings (SSSR count). The van der Waals surface area contributed by atoms with Gasteiger partial charge in [-0.1, -0.05) is 18.0 Å². The summed E-state index contributed by atoms with van der Waals surface area (Å²) in [5, 5.41) is 36.4. The van der Waals surface area contributed by atoms with Gasteiger partial charge in [-0.2, -0.15) is 11.8 Å². The molecule has 68 heavy (non-hydrogen) atoms. The molecule has 0 aliphatic carbocycles. The van der Waals surface area contributed by atoms with E-state index in [0.29, 0.717) is 107 Å². The number of nitrogens with zero attached hydrogens (tertiary/aromatic N) is 4. The van der Waals surface area contributed by atoms with Crippen LogP contribution < -0.4 is 47.6 Å². The van der Waals surface area contributed by atoms with Gasteiger partial charge in [-0.25, -0.2) is 4.79 Å². The maximum atomic E-state index is 12.9. The summed E-state index contributed by atoms with van der Waals surface area (Å²) in [6.45, 7) is 3.55. The first kappa shape index (κ1) is 59.2. The largest absolute Gasteiger partial charge is 0.550 e. The first-order chi connectivity index (χ1) is 32.6. The Morgan fingerprint density at radius 1 is 0.721 bits per heavy atom. The number of azide groups is 1. The third-order valence-corrected chi connectivity index (χ3v) is 12.2. The van der Waals surface area contributed by atoms with Crippen LogP contribution in [0.15, 0.2) is 5.11 Å². The summed E-state index contributed by atoms with van der Waals surface area (Å²) >= 11 is 1.88. The van der Waals surface area contributed by atoms with Gasteiger partial charge in [-0.3, -0.25) is 28.8 Å². The fourth-order valence-corrected chi connectivity index (χ4v) is 8.71. The van der Waals surface area contributed by atoms with Crippen LogP contribution in [0.1, 0.15) is 89.9 Å². The maximum Gasteiger partial charge on any atom is 0.315 e. The molecule has 0 bridgehead atoms. The highest BCUT2D eigenvalue weighted by molar-refractivity contribution is 8.00. The third-order valence-electron chi connectivity index (χ3n) is 10.7. The van der Waals surface area contributed by atoms with Gasteiger partial charge in [0.15, 0.2) is 0 Å². The van der Waals surface area contributed by atoms with Gasteiger partial charge in [-0.15, -0.1) is 0 Å². The summed E-state index contributed by atoms with van der Waals surface area (Å²) in [7, 11) is 6.06. The number of ether oxygens (including phenoxy) is 3. The molecule has 0 aromatic heterocycles. The number of carboxylic acids is 1. The highest BCUT2D eigenvalue weighted by Crippen LogP contribution is 2.33. The van der Waals surface area contributed by atoms with Crippen LogP contribution in [0.4, 0.5) is 4.79 Å². The van der Waals surface area contributed by atoms with Crippen LogP contribution in [0.25, 0.3) is 10.4 Å². The number of aliphatic carboxylic acids is 1. The Bertz CT molecular complexity index is 1630. The summed E-state index contributed by atoms with van der Waals surface area (Å²) < 4.78 is 17.3. The highest BCUT2D eigenvalue weighted by Gasteiger charge is 2.42. The minimum Gasteiger partial charge on any atom is -0.550 e. The zero-order valence-electron chi connectivity index (χ0n) is 40.1. The number of thioether (sulfide) groups is 1. The minimum atomic E-state index is -1.57. The lowest BCUT2D eigenvalue weighted by Crippen LogP contribution is -2.53. The van der Waals surface area contributed by atoms with E-state index in [0.717, 1.165) is 38.0 Å². The van der Waals surface area contributed by atoms with Crippen LogP contribution in [-0.4, -0.2) is 187 Å². The van der Waals surface area contributed by atoms with Gasteiger partial charge in [0.1, 0.15) is 18.6 Å². The molecule has 24 nitrogen and oxygen atoms in total. The number of rotatable bonds is 40. The molecule has 5 atom stereocenters. The molecule has 2 fully saturated rings. The van der Waals surface area contributed by atoms with Crippen LogP contribution in [0.3, 0.4) is 0 Å². The number of carbonyl (C=O) groups is 8. The SMILES string of the molecule is C[N+](C)(C)CCCC[C@H](NC(=O)CN=[N+]=[N-])C(=O)NCC(=O)N[C@@H](CC(=O)[O-])C(=O)NCCCCCC(=O)NCCCOCCOCCOCCCNC(=O)CCCC[C@@H]1SC[C@@H]2NC(=O)N[C@@H]21. The lowest BCUT2D eigenvalue weighted by molar-refractivity contribution is -0.870. The van der Waals surface area contributed by atoms with Crippen molar-refractivity contribution in [2.45, 2.75) is 119 Å². The molecule has 2 aliphatic heterocycles. The Hall–Kier alpha value is -4.94. The van der Waals surface area contributed by atoms with Crippen molar-refractivity contribution in [3.05, 3.63) is 10.4 Å². The van der Waals surface area contributed by atoms with E-state index in [2.05, 4.69) is 52.6 Å².